The normalized spacial score (nSPS) is 22.3. The van der Waals surface area contributed by atoms with Crippen LogP contribution in [0.1, 0.15) is 85.6 Å². The predicted octanol–water partition coefficient (Wildman–Crippen LogP) is 4.12. The van der Waals surface area contributed by atoms with Gasteiger partial charge in [-0.2, -0.15) is 0 Å². The number of Topliss-reactive ketones (excluding diaryl/α,β-unsaturated/α-hetero) is 1. The third kappa shape index (κ3) is 11.4. The Morgan fingerprint density at radius 1 is 0.918 bits per heavy atom. The fraction of sp³-hybridized carbons (Fsp3) is 0.457. The fourth-order valence-corrected chi connectivity index (χ4v) is 13.4. The summed E-state index contributed by atoms with van der Waals surface area (Å²) in [7, 11) is -6.45. The molecule has 61 heavy (non-hydrogen) atoms. The number of carbonyl (C=O) groups is 5. The molecule has 3 aromatic carbocycles. The molecule has 2 heterocycles. The van der Waals surface area contributed by atoms with Gasteiger partial charge in [-0.15, -0.1) is 0 Å². The Morgan fingerprint density at radius 2 is 1.52 bits per heavy atom. The van der Waals surface area contributed by atoms with Crippen molar-refractivity contribution in [2.45, 2.75) is 121 Å². The van der Waals surface area contributed by atoms with Gasteiger partial charge in [0, 0.05) is 25.1 Å². The molecule has 2 fully saturated rings. The van der Waals surface area contributed by atoms with Gasteiger partial charge in [-0.05, 0) is 79.1 Å². The van der Waals surface area contributed by atoms with Crippen molar-refractivity contribution in [1.82, 2.24) is 20.9 Å². The number of hydrogen-bond donors (Lipinski definition) is 4. The van der Waals surface area contributed by atoms with Crippen molar-refractivity contribution in [3.8, 4) is 0 Å². The van der Waals surface area contributed by atoms with E-state index in [-0.39, 0.29) is 36.5 Å². The molecular weight excluding hydrogens is 811 g/mol. The van der Waals surface area contributed by atoms with Gasteiger partial charge >= 0.3 is 0 Å². The topological polar surface area (TPSA) is 180 Å². The highest BCUT2D eigenvalue weighted by Gasteiger charge is 2.51. The molecule has 0 spiro atoms. The summed E-state index contributed by atoms with van der Waals surface area (Å²) in [4.78, 5) is 71.1. The van der Waals surface area contributed by atoms with Crippen molar-refractivity contribution in [3.05, 3.63) is 103 Å². The van der Waals surface area contributed by atoms with Crippen LogP contribution in [0.15, 0.2) is 97.1 Å². The fourth-order valence-electron chi connectivity index (χ4n) is 8.15. The summed E-state index contributed by atoms with van der Waals surface area (Å²) in [5.74, 6) is -2.05. The summed E-state index contributed by atoms with van der Waals surface area (Å²) in [5, 5.41) is 10.5. The van der Waals surface area contributed by atoms with Crippen LogP contribution >= 0.6 is 0 Å². The molecule has 0 bridgehead atoms. The largest absolute Gasteiger partial charge is 0.398 e. The molecule has 0 aromatic heterocycles. The van der Waals surface area contributed by atoms with E-state index in [0.717, 1.165) is 16.6 Å². The third-order valence-electron chi connectivity index (χ3n) is 11.7. The number of rotatable bonds is 15. The molecule has 2 saturated heterocycles. The lowest BCUT2D eigenvalue weighted by atomic mass is 9.94. The van der Waals surface area contributed by atoms with Gasteiger partial charge in [-0.1, -0.05) is 113 Å². The molecule has 15 heteroatoms. The van der Waals surface area contributed by atoms with E-state index < -0.39 is 71.7 Å². The SMILES string of the molecule is CC[C@]1(C)NC(=O)[C@H](CCC=CCC(=O)[C@@H](C)O[Si](c2ccccc2)(c2ccccc2)C(C)(C)C)NC(=O)[C@H]2CCCN2C(=O)[C@H](Cc2ccc(NS(C)(=O)=O)cc2)NC1=O. The van der Waals surface area contributed by atoms with E-state index in [1.807, 2.05) is 42.5 Å². The standard InChI is InChI=1S/C46H61N5O8SSi/c1-8-46(6)44(56)48-38(31-33-26-28-34(29-27-33)50-60(7,57)58)43(55)51-30-18-24-39(51)42(54)47-37(41(53)49-46)23-16-11-17-25-40(52)32(2)59-61(45(3,4)5,35-19-12-9-13-20-35)36-21-14-10-15-22-36/h9-15,17,19-22,26-29,32,37-39,50H,8,16,18,23-25,30-31H2,1-7H3,(H,47,54)(H,48,56)(H,49,53)/t32-,37+,38+,39-,46+/m1/s1. The van der Waals surface area contributed by atoms with Crippen LogP contribution in [-0.2, 0) is 44.8 Å². The molecule has 328 valence electrons. The van der Waals surface area contributed by atoms with Gasteiger partial charge in [0.1, 0.15) is 29.8 Å². The molecule has 0 aliphatic carbocycles. The summed E-state index contributed by atoms with van der Waals surface area (Å²) in [5.41, 5.74) is -0.416. The summed E-state index contributed by atoms with van der Waals surface area (Å²) >= 11 is 0. The second-order valence-electron chi connectivity index (χ2n) is 17.4. The summed E-state index contributed by atoms with van der Waals surface area (Å²) in [6.07, 6.45) is 5.79. The van der Waals surface area contributed by atoms with E-state index in [2.05, 4.69) is 65.7 Å². The Morgan fingerprint density at radius 3 is 2.08 bits per heavy atom. The van der Waals surface area contributed by atoms with E-state index in [1.54, 1.807) is 51.1 Å². The molecule has 0 radical (unpaired) electrons. The molecule has 13 nitrogen and oxygen atoms in total. The van der Waals surface area contributed by atoms with Crippen LogP contribution in [-0.4, -0.2) is 93.6 Å². The minimum atomic E-state index is -3.49. The van der Waals surface area contributed by atoms with Gasteiger partial charge in [0.2, 0.25) is 33.7 Å². The molecule has 4 amide bonds. The van der Waals surface area contributed by atoms with Crippen LogP contribution in [0.5, 0.6) is 0 Å². The van der Waals surface area contributed by atoms with E-state index >= 15 is 0 Å². The molecule has 2 aliphatic heterocycles. The van der Waals surface area contributed by atoms with Gasteiger partial charge in [-0.25, -0.2) is 8.42 Å². The quantitative estimate of drug-likeness (QED) is 0.130. The second kappa shape index (κ2) is 19.7. The summed E-state index contributed by atoms with van der Waals surface area (Å²) in [6.45, 7) is 11.9. The Labute approximate surface area is 361 Å². The molecule has 4 N–H and O–H groups in total. The first-order chi connectivity index (χ1) is 28.8. The van der Waals surface area contributed by atoms with E-state index in [9.17, 15) is 32.4 Å². The number of allylic oxidation sites excluding steroid dienone is 2. The number of hydrogen-bond acceptors (Lipinski definition) is 8. The minimum Gasteiger partial charge on any atom is -0.398 e. The van der Waals surface area contributed by atoms with Crippen LogP contribution in [0.25, 0.3) is 0 Å². The summed E-state index contributed by atoms with van der Waals surface area (Å²) in [6, 6.07) is 23.8. The Balaban J connectivity index is 1.28. The van der Waals surface area contributed by atoms with Gasteiger partial charge in [0.15, 0.2) is 5.78 Å². The highest BCUT2D eigenvalue weighted by Crippen LogP contribution is 2.37. The maximum absolute atomic E-state index is 14.2. The molecule has 2 aliphatic rings. The lowest BCUT2D eigenvalue weighted by Crippen LogP contribution is -2.68. The molecule has 5 atom stereocenters. The number of benzene rings is 3. The van der Waals surface area contributed by atoms with E-state index in [0.29, 0.717) is 37.1 Å². The number of nitrogens with one attached hydrogen (secondary N) is 4. The first-order valence-corrected chi connectivity index (χ1v) is 24.8. The van der Waals surface area contributed by atoms with Crippen molar-refractivity contribution in [2.24, 2.45) is 0 Å². The van der Waals surface area contributed by atoms with E-state index in [1.165, 1.54) is 4.90 Å². The first kappa shape index (κ1) is 46.9. The molecule has 5 rings (SSSR count). The van der Waals surface area contributed by atoms with Gasteiger partial charge < -0.3 is 25.3 Å². The number of carbonyl (C=O) groups excluding carboxylic acids is 5. The highest BCUT2D eigenvalue weighted by molar-refractivity contribution is 7.92. The maximum atomic E-state index is 14.2. The summed E-state index contributed by atoms with van der Waals surface area (Å²) < 4.78 is 32.8. The first-order valence-electron chi connectivity index (χ1n) is 21.0. The lowest BCUT2D eigenvalue weighted by Gasteiger charge is -2.44. The number of nitrogens with zero attached hydrogens (tertiary/aromatic N) is 1. The van der Waals surface area contributed by atoms with Crippen LogP contribution in [0, 0.1) is 0 Å². The zero-order chi connectivity index (χ0) is 44.6. The molecule has 0 unspecified atom stereocenters. The van der Waals surface area contributed by atoms with E-state index in [4.69, 9.17) is 4.43 Å². The van der Waals surface area contributed by atoms with Crippen molar-refractivity contribution in [3.63, 3.8) is 0 Å². The second-order valence-corrected chi connectivity index (χ2v) is 23.4. The van der Waals surface area contributed by atoms with Crippen LogP contribution in [0.3, 0.4) is 0 Å². The van der Waals surface area contributed by atoms with Gasteiger partial charge in [0.25, 0.3) is 8.32 Å². The minimum absolute atomic E-state index is 0.0735. The zero-order valence-electron chi connectivity index (χ0n) is 36.3. The number of sulfonamides is 1. The van der Waals surface area contributed by atoms with Crippen molar-refractivity contribution in [1.29, 1.82) is 0 Å². The molecule has 0 saturated carbocycles. The Kier molecular flexibility index (Phi) is 15.2. The highest BCUT2D eigenvalue weighted by atomic mass is 32.2. The third-order valence-corrected chi connectivity index (χ3v) is 17.4. The number of amides is 4. The van der Waals surface area contributed by atoms with Crippen LogP contribution < -0.4 is 31.0 Å². The average molecular weight is 872 g/mol. The van der Waals surface area contributed by atoms with Crippen molar-refractivity contribution < 1.29 is 36.8 Å². The van der Waals surface area contributed by atoms with Gasteiger partial charge in [-0.3, -0.25) is 28.7 Å². The number of fused-ring (bicyclic) bond motifs is 1. The number of anilines is 1. The number of ketones is 1. The Hall–Kier alpha value is -5.12. The molecular formula is C46H61N5O8SSi. The van der Waals surface area contributed by atoms with Crippen molar-refractivity contribution in [2.75, 3.05) is 17.5 Å². The van der Waals surface area contributed by atoms with Crippen LogP contribution in [0.2, 0.25) is 5.04 Å². The average Bonchev–Trinajstić information content (AvgIpc) is 3.72. The van der Waals surface area contributed by atoms with Crippen LogP contribution in [0.4, 0.5) is 5.69 Å². The zero-order valence-corrected chi connectivity index (χ0v) is 38.1. The predicted molar refractivity (Wildman–Crippen MR) is 240 cm³/mol. The lowest BCUT2D eigenvalue weighted by molar-refractivity contribution is -0.144. The smallest absolute Gasteiger partial charge is 0.262 e. The Bertz CT molecular complexity index is 2140. The monoisotopic (exact) mass is 871 g/mol. The molecule has 3 aromatic rings. The van der Waals surface area contributed by atoms with Crippen molar-refractivity contribution >= 4 is 63.8 Å². The maximum Gasteiger partial charge on any atom is 0.262 e. The van der Waals surface area contributed by atoms with Gasteiger partial charge in [0.05, 0.1) is 6.26 Å².